The molecule has 0 atom stereocenters. The summed E-state index contributed by atoms with van der Waals surface area (Å²) in [5, 5.41) is 0.419. The average Bonchev–Trinajstić information content (AvgIpc) is 2.74. The van der Waals surface area contributed by atoms with Crippen LogP contribution in [0.3, 0.4) is 0 Å². The summed E-state index contributed by atoms with van der Waals surface area (Å²) in [7, 11) is 0. The van der Waals surface area contributed by atoms with Gasteiger partial charge in [-0.05, 0) is 43.2 Å². The predicted molar refractivity (Wildman–Crippen MR) is 115 cm³/mol. The molecule has 0 fully saturated rings. The van der Waals surface area contributed by atoms with E-state index in [0.29, 0.717) is 22.3 Å². The number of ether oxygens (including phenoxy) is 2. The van der Waals surface area contributed by atoms with Crippen LogP contribution in [0, 0.1) is 13.8 Å². The Morgan fingerprint density at radius 2 is 1.77 bits per heavy atom. The maximum atomic E-state index is 12.8. The molecule has 0 unspecified atom stereocenters. The summed E-state index contributed by atoms with van der Waals surface area (Å²) >= 11 is 0. The Labute approximate surface area is 173 Å². The van der Waals surface area contributed by atoms with Gasteiger partial charge in [0.15, 0.2) is 12.0 Å². The highest BCUT2D eigenvalue weighted by molar-refractivity contribution is 5.83. The molecule has 1 aromatic heterocycles. The molecular weight excluding hydrogens is 380 g/mol. The Morgan fingerprint density at radius 1 is 0.967 bits per heavy atom. The molecule has 0 saturated heterocycles. The average molecular weight is 400 g/mol. The Hall–Kier alpha value is -3.86. The Morgan fingerprint density at radius 3 is 2.53 bits per heavy atom. The highest BCUT2D eigenvalue weighted by Gasteiger charge is 2.12. The predicted octanol–water partition coefficient (Wildman–Crippen LogP) is 5.06. The molecule has 5 heteroatoms. The van der Waals surface area contributed by atoms with Gasteiger partial charge in [0.1, 0.15) is 23.3 Å². The zero-order valence-corrected chi connectivity index (χ0v) is 16.7. The molecule has 0 aliphatic heterocycles. The minimum atomic E-state index is -0.544. The van der Waals surface area contributed by atoms with E-state index >= 15 is 0 Å². The van der Waals surface area contributed by atoms with Gasteiger partial charge in [0, 0.05) is 6.07 Å². The first-order valence-corrected chi connectivity index (χ1v) is 9.53. The van der Waals surface area contributed by atoms with Crippen molar-refractivity contribution in [2.75, 3.05) is 6.61 Å². The first-order chi connectivity index (χ1) is 14.5. The van der Waals surface area contributed by atoms with Crippen LogP contribution in [0.25, 0.3) is 22.1 Å². The molecule has 4 rings (SSSR count). The maximum Gasteiger partial charge on any atom is 0.349 e. The standard InChI is InChI=1S/C25H20O5/c1-16-8-11-22(17(2)12-16)29-15-24(26)30-19-9-10-20-23(13-19)28-14-21(25(20)27)18-6-4-3-5-7-18/h3-14H,15H2,1-2H3. The third-order valence-electron chi connectivity index (χ3n) is 4.74. The highest BCUT2D eigenvalue weighted by Crippen LogP contribution is 2.23. The van der Waals surface area contributed by atoms with E-state index in [9.17, 15) is 9.59 Å². The third-order valence-corrected chi connectivity index (χ3v) is 4.74. The molecule has 0 saturated carbocycles. The molecule has 0 spiro atoms. The Bertz CT molecular complexity index is 1270. The minimum Gasteiger partial charge on any atom is -0.482 e. The van der Waals surface area contributed by atoms with Gasteiger partial charge in [0.05, 0.1) is 10.9 Å². The molecule has 3 aromatic carbocycles. The SMILES string of the molecule is Cc1ccc(OCC(=O)Oc2ccc3c(=O)c(-c4ccccc4)coc3c2)c(C)c1. The van der Waals surface area contributed by atoms with Crippen LogP contribution in [0.5, 0.6) is 11.5 Å². The number of carbonyl (C=O) groups excluding carboxylic acids is 1. The molecule has 30 heavy (non-hydrogen) atoms. The lowest BCUT2D eigenvalue weighted by molar-refractivity contribution is -0.136. The molecule has 0 aliphatic carbocycles. The zero-order chi connectivity index (χ0) is 21.1. The molecule has 0 bridgehead atoms. The van der Waals surface area contributed by atoms with Gasteiger partial charge in [-0.3, -0.25) is 4.79 Å². The number of aryl methyl sites for hydroxylation is 2. The molecule has 0 amide bonds. The fourth-order valence-electron chi connectivity index (χ4n) is 3.25. The monoisotopic (exact) mass is 400 g/mol. The highest BCUT2D eigenvalue weighted by atomic mass is 16.6. The lowest BCUT2D eigenvalue weighted by Gasteiger charge is -2.10. The second-order valence-electron chi connectivity index (χ2n) is 7.03. The van der Waals surface area contributed by atoms with Crippen LogP contribution in [0.15, 0.2) is 82.2 Å². The summed E-state index contributed by atoms with van der Waals surface area (Å²) < 4.78 is 16.5. The molecule has 5 nitrogen and oxygen atoms in total. The van der Waals surface area contributed by atoms with Crippen molar-refractivity contribution in [1.29, 1.82) is 0 Å². The van der Waals surface area contributed by atoms with Crippen LogP contribution in [-0.2, 0) is 4.79 Å². The number of fused-ring (bicyclic) bond motifs is 1. The number of rotatable bonds is 5. The van der Waals surface area contributed by atoms with Gasteiger partial charge in [0.25, 0.3) is 0 Å². The van der Waals surface area contributed by atoms with E-state index in [4.69, 9.17) is 13.9 Å². The van der Waals surface area contributed by atoms with Crippen LogP contribution in [0.1, 0.15) is 11.1 Å². The van der Waals surface area contributed by atoms with Crippen molar-refractivity contribution in [3.05, 3.63) is 94.3 Å². The molecule has 0 aliphatic rings. The lowest BCUT2D eigenvalue weighted by Crippen LogP contribution is -2.18. The summed E-state index contributed by atoms with van der Waals surface area (Å²) in [5.41, 5.74) is 3.54. The number of benzene rings is 3. The summed E-state index contributed by atoms with van der Waals surface area (Å²) in [6.45, 7) is 3.69. The number of carbonyl (C=O) groups is 1. The number of hydrogen-bond donors (Lipinski definition) is 0. The molecule has 0 N–H and O–H groups in total. The first kappa shape index (κ1) is 19.5. The zero-order valence-electron chi connectivity index (χ0n) is 16.7. The van der Waals surface area contributed by atoms with E-state index in [-0.39, 0.29) is 17.8 Å². The van der Waals surface area contributed by atoms with Gasteiger partial charge in [-0.15, -0.1) is 0 Å². The fourth-order valence-corrected chi connectivity index (χ4v) is 3.25. The van der Waals surface area contributed by atoms with E-state index in [0.717, 1.165) is 16.7 Å². The van der Waals surface area contributed by atoms with Crippen LogP contribution < -0.4 is 14.9 Å². The number of hydrogen-bond acceptors (Lipinski definition) is 5. The molecule has 1 heterocycles. The van der Waals surface area contributed by atoms with Crippen LogP contribution in [0.4, 0.5) is 0 Å². The number of esters is 1. The lowest BCUT2D eigenvalue weighted by atomic mass is 10.1. The minimum absolute atomic E-state index is 0.140. The topological polar surface area (TPSA) is 65.7 Å². The smallest absolute Gasteiger partial charge is 0.349 e. The summed E-state index contributed by atoms with van der Waals surface area (Å²) in [5.74, 6) is 0.375. The largest absolute Gasteiger partial charge is 0.482 e. The fraction of sp³-hybridized carbons (Fsp3) is 0.120. The van der Waals surface area contributed by atoms with Crippen molar-refractivity contribution in [3.8, 4) is 22.6 Å². The molecule has 0 radical (unpaired) electrons. The van der Waals surface area contributed by atoms with E-state index in [2.05, 4.69) is 0 Å². The molecule has 4 aromatic rings. The second kappa shape index (κ2) is 8.25. The van der Waals surface area contributed by atoms with Crippen LogP contribution >= 0.6 is 0 Å². The van der Waals surface area contributed by atoms with E-state index in [1.807, 2.05) is 62.4 Å². The Balaban J connectivity index is 1.49. The van der Waals surface area contributed by atoms with Crippen LogP contribution in [-0.4, -0.2) is 12.6 Å². The summed E-state index contributed by atoms with van der Waals surface area (Å²) in [6.07, 6.45) is 1.43. The van der Waals surface area contributed by atoms with E-state index in [1.165, 1.54) is 12.3 Å². The van der Waals surface area contributed by atoms with Gasteiger partial charge in [-0.1, -0.05) is 48.0 Å². The van der Waals surface area contributed by atoms with Gasteiger partial charge >= 0.3 is 5.97 Å². The van der Waals surface area contributed by atoms with E-state index in [1.54, 1.807) is 12.1 Å². The first-order valence-electron chi connectivity index (χ1n) is 9.53. The van der Waals surface area contributed by atoms with Crippen molar-refractivity contribution in [3.63, 3.8) is 0 Å². The van der Waals surface area contributed by atoms with Gasteiger partial charge < -0.3 is 13.9 Å². The van der Waals surface area contributed by atoms with E-state index < -0.39 is 5.97 Å². The third kappa shape index (κ3) is 4.10. The normalized spacial score (nSPS) is 10.7. The quantitative estimate of drug-likeness (QED) is 0.346. The molecule has 150 valence electrons. The van der Waals surface area contributed by atoms with Crippen molar-refractivity contribution in [2.24, 2.45) is 0 Å². The Kier molecular flexibility index (Phi) is 5.35. The maximum absolute atomic E-state index is 12.8. The van der Waals surface area contributed by atoms with Crippen molar-refractivity contribution in [1.82, 2.24) is 0 Å². The van der Waals surface area contributed by atoms with Crippen LogP contribution in [0.2, 0.25) is 0 Å². The van der Waals surface area contributed by atoms with Gasteiger partial charge in [0.2, 0.25) is 0 Å². The second-order valence-corrected chi connectivity index (χ2v) is 7.03. The van der Waals surface area contributed by atoms with Gasteiger partial charge in [-0.2, -0.15) is 0 Å². The van der Waals surface area contributed by atoms with Crippen molar-refractivity contribution in [2.45, 2.75) is 13.8 Å². The van der Waals surface area contributed by atoms with Crippen molar-refractivity contribution < 1.29 is 18.7 Å². The van der Waals surface area contributed by atoms with Crippen molar-refractivity contribution >= 4 is 16.9 Å². The van der Waals surface area contributed by atoms with Gasteiger partial charge in [-0.25, -0.2) is 4.79 Å². The molecular formula is C25H20O5. The summed E-state index contributed by atoms with van der Waals surface area (Å²) in [4.78, 5) is 25.0. The summed E-state index contributed by atoms with van der Waals surface area (Å²) in [6, 6.07) is 19.7.